The quantitative estimate of drug-likeness (QED) is 0.519. The van der Waals surface area contributed by atoms with Crippen LogP contribution >= 0.6 is 0 Å². The molecule has 2 aromatic heterocycles. The average molecular weight is 417 g/mol. The van der Waals surface area contributed by atoms with Gasteiger partial charge in [-0.15, -0.1) is 0 Å². The molecule has 1 aliphatic heterocycles. The first-order valence-corrected chi connectivity index (χ1v) is 9.97. The fraction of sp³-hybridized carbons (Fsp3) is 0.167. The number of nitrogens with zero attached hydrogens (tertiary/aromatic N) is 2. The molecule has 0 atom stereocenters. The Bertz CT molecular complexity index is 1300. The van der Waals surface area contributed by atoms with Crippen molar-refractivity contribution in [1.29, 1.82) is 0 Å². The molecule has 0 saturated carbocycles. The van der Waals surface area contributed by atoms with Gasteiger partial charge in [-0.1, -0.05) is 12.1 Å². The summed E-state index contributed by atoms with van der Waals surface area (Å²) in [4.78, 5) is 17.4. The Morgan fingerprint density at radius 1 is 1.00 bits per heavy atom. The van der Waals surface area contributed by atoms with Crippen molar-refractivity contribution in [3.8, 4) is 11.5 Å². The zero-order chi connectivity index (χ0) is 21.2. The largest absolute Gasteiger partial charge is 0.454 e. The summed E-state index contributed by atoms with van der Waals surface area (Å²) in [7, 11) is 0. The molecule has 0 aliphatic carbocycles. The zero-order valence-corrected chi connectivity index (χ0v) is 16.7. The van der Waals surface area contributed by atoms with Crippen molar-refractivity contribution in [2.45, 2.75) is 19.6 Å². The van der Waals surface area contributed by atoms with Gasteiger partial charge in [-0.3, -0.25) is 9.78 Å². The molecule has 5 rings (SSSR count). The van der Waals surface area contributed by atoms with Crippen LogP contribution in [0.15, 0.2) is 71.8 Å². The van der Waals surface area contributed by atoms with E-state index >= 15 is 0 Å². The lowest BCUT2D eigenvalue weighted by molar-refractivity contribution is 0.174. The van der Waals surface area contributed by atoms with Gasteiger partial charge in [0.05, 0.1) is 12.1 Å². The van der Waals surface area contributed by atoms with Gasteiger partial charge in [-0.25, -0.2) is 4.39 Å². The van der Waals surface area contributed by atoms with E-state index in [-0.39, 0.29) is 18.2 Å². The van der Waals surface area contributed by atoms with Gasteiger partial charge < -0.3 is 19.4 Å². The molecule has 6 nitrogen and oxygen atoms in total. The minimum atomic E-state index is -0.375. The van der Waals surface area contributed by atoms with E-state index in [2.05, 4.69) is 10.3 Å². The Hall–Kier alpha value is -3.71. The fourth-order valence-corrected chi connectivity index (χ4v) is 3.76. The molecule has 2 aromatic carbocycles. The summed E-state index contributed by atoms with van der Waals surface area (Å²) in [6.45, 7) is 1.51. The van der Waals surface area contributed by atoms with Gasteiger partial charge in [0.25, 0.3) is 5.56 Å². The lowest BCUT2D eigenvalue weighted by Crippen LogP contribution is -2.28. The van der Waals surface area contributed by atoms with E-state index < -0.39 is 0 Å². The van der Waals surface area contributed by atoms with Crippen LogP contribution in [0.3, 0.4) is 0 Å². The first-order valence-electron chi connectivity index (χ1n) is 9.97. The number of rotatable bonds is 6. The van der Waals surface area contributed by atoms with Crippen LogP contribution in [-0.2, 0) is 19.6 Å². The van der Waals surface area contributed by atoms with Crippen molar-refractivity contribution in [2.24, 2.45) is 0 Å². The molecular formula is C24H20FN3O3. The Morgan fingerprint density at radius 2 is 1.90 bits per heavy atom. The number of nitrogens with one attached hydrogen (secondary N) is 1. The summed E-state index contributed by atoms with van der Waals surface area (Å²) in [6, 6.07) is 15.8. The second-order valence-corrected chi connectivity index (χ2v) is 7.42. The number of pyridine rings is 2. The number of hydrogen-bond donors (Lipinski definition) is 1. The normalized spacial score (nSPS) is 12.4. The van der Waals surface area contributed by atoms with Crippen LogP contribution in [0, 0.1) is 5.82 Å². The molecule has 0 bridgehead atoms. The summed E-state index contributed by atoms with van der Waals surface area (Å²) >= 11 is 0. The van der Waals surface area contributed by atoms with Crippen LogP contribution in [0.4, 0.5) is 4.39 Å². The number of benzene rings is 2. The highest BCUT2D eigenvalue weighted by Crippen LogP contribution is 2.32. The lowest BCUT2D eigenvalue weighted by Gasteiger charge is -2.14. The van der Waals surface area contributed by atoms with Crippen LogP contribution in [0.2, 0.25) is 0 Å². The first kappa shape index (κ1) is 19.3. The van der Waals surface area contributed by atoms with Gasteiger partial charge >= 0.3 is 0 Å². The first-order chi connectivity index (χ1) is 15.2. The van der Waals surface area contributed by atoms with E-state index in [1.807, 2.05) is 36.4 Å². The number of fused-ring (bicyclic) bond motifs is 2. The molecule has 156 valence electrons. The minimum Gasteiger partial charge on any atom is -0.454 e. The molecule has 0 spiro atoms. The van der Waals surface area contributed by atoms with E-state index in [0.29, 0.717) is 30.7 Å². The minimum absolute atomic E-state index is 0.153. The zero-order valence-electron chi connectivity index (χ0n) is 16.7. The van der Waals surface area contributed by atoms with Gasteiger partial charge in [-0.2, -0.15) is 0 Å². The highest BCUT2D eigenvalue weighted by atomic mass is 19.1. The van der Waals surface area contributed by atoms with Crippen molar-refractivity contribution < 1.29 is 13.9 Å². The number of hydrogen-bond acceptors (Lipinski definition) is 5. The maximum atomic E-state index is 13.9. The van der Waals surface area contributed by atoms with E-state index in [9.17, 15) is 9.18 Å². The van der Waals surface area contributed by atoms with Gasteiger partial charge in [0.2, 0.25) is 6.79 Å². The summed E-state index contributed by atoms with van der Waals surface area (Å²) in [5.41, 5.74) is 2.93. The maximum Gasteiger partial charge on any atom is 0.255 e. The van der Waals surface area contributed by atoms with Crippen LogP contribution < -0.4 is 20.3 Å². The number of ether oxygens (including phenoxy) is 2. The highest BCUT2D eigenvalue weighted by Gasteiger charge is 2.14. The topological polar surface area (TPSA) is 65.4 Å². The molecule has 0 radical (unpaired) electrons. The van der Waals surface area contributed by atoms with Crippen LogP contribution in [0.5, 0.6) is 11.5 Å². The summed E-state index contributed by atoms with van der Waals surface area (Å²) in [5.74, 6) is 1.09. The van der Waals surface area contributed by atoms with Crippen LogP contribution in [0.1, 0.15) is 16.7 Å². The van der Waals surface area contributed by atoms with Crippen molar-refractivity contribution in [1.82, 2.24) is 14.9 Å². The second-order valence-electron chi connectivity index (χ2n) is 7.42. The summed E-state index contributed by atoms with van der Waals surface area (Å²) in [5, 5.41) is 4.13. The Labute approximate surface area is 177 Å². The molecule has 0 fully saturated rings. The van der Waals surface area contributed by atoms with E-state index in [1.54, 1.807) is 23.0 Å². The standard InChI is InChI=1S/C24H20FN3O3/c25-20-5-4-18-9-19(13-27-11-16-3-6-22-23(8-16)31-15-30-22)24(29)28(21(18)10-20)14-17-2-1-7-26-12-17/h1-10,12,27H,11,13-15H2. The Kier molecular flexibility index (Phi) is 5.09. The molecule has 1 N–H and O–H groups in total. The predicted molar refractivity (Wildman–Crippen MR) is 115 cm³/mol. The molecule has 3 heterocycles. The maximum absolute atomic E-state index is 13.9. The Balaban J connectivity index is 1.42. The van der Waals surface area contributed by atoms with Crippen molar-refractivity contribution in [2.75, 3.05) is 6.79 Å². The highest BCUT2D eigenvalue weighted by molar-refractivity contribution is 5.79. The van der Waals surface area contributed by atoms with Crippen molar-refractivity contribution in [3.05, 3.63) is 99.9 Å². The van der Waals surface area contributed by atoms with Crippen LogP contribution in [0.25, 0.3) is 10.9 Å². The van der Waals surface area contributed by atoms with Crippen molar-refractivity contribution >= 4 is 10.9 Å². The third kappa shape index (κ3) is 4.00. The summed E-state index contributed by atoms with van der Waals surface area (Å²) in [6.07, 6.45) is 3.39. The molecular weight excluding hydrogens is 397 g/mol. The van der Waals surface area contributed by atoms with Gasteiger partial charge in [0.15, 0.2) is 11.5 Å². The number of halogens is 1. The van der Waals surface area contributed by atoms with E-state index in [0.717, 1.165) is 28.0 Å². The molecule has 0 unspecified atom stereocenters. The number of aromatic nitrogens is 2. The lowest BCUT2D eigenvalue weighted by atomic mass is 10.1. The van der Waals surface area contributed by atoms with Crippen LogP contribution in [-0.4, -0.2) is 16.3 Å². The third-order valence-corrected chi connectivity index (χ3v) is 5.28. The molecule has 0 amide bonds. The Morgan fingerprint density at radius 3 is 2.77 bits per heavy atom. The van der Waals surface area contributed by atoms with Gasteiger partial charge in [0.1, 0.15) is 5.82 Å². The van der Waals surface area contributed by atoms with E-state index in [1.165, 1.54) is 12.1 Å². The SMILES string of the molecule is O=c1c(CNCc2ccc3c(c2)OCO3)cc2ccc(F)cc2n1Cc1cccnc1. The molecule has 0 saturated heterocycles. The average Bonchev–Trinajstić information content (AvgIpc) is 3.25. The van der Waals surface area contributed by atoms with E-state index in [4.69, 9.17) is 9.47 Å². The monoisotopic (exact) mass is 417 g/mol. The smallest absolute Gasteiger partial charge is 0.255 e. The molecule has 7 heteroatoms. The fourth-order valence-electron chi connectivity index (χ4n) is 3.76. The van der Waals surface area contributed by atoms with Crippen molar-refractivity contribution in [3.63, 3.8) is 0 Å². The van der Waals surface area contributed by atoms with Gasteiger partial charge in [-0.05, 0) is 59.0 Å². The van der Waals surface area contributed by atoms with Gasteiger partial charge in [0, 0.05) is 31.0 Å². The predicted octanol–water partition coefficient (Wildman–Crippen LogP) is 3.60. The third-order valence-electron chi connectivity index (χ3n) is 5.28. The summed E-state index contributed by atoms with van der Waals surface area (Å²) < 4.78 is 26.3. The molecule has 1 aliphatic rings. The molecule has 31 heavy (non-hydrogen) atoms. The second kappa shape index (κ2) is 8.20. The molecule has 4 aromatic rings.